The van der Waals surface area contributed by atoms with Gasteiger partial charge >= 0.3 is 0 Å². The van der Waals surface area contributed by atoms with E-state index in [4.69, 9.17) is 0 Å². The first-order valence-electron chi connectivity index (χ1n) is 10.8. The molecule has 6 nitrogen and oxygen atoms in total. The number of anilines is 2. The van der Waals surface area contributed by atoms with Crippen LogP contribution in [0.3, 0.4) is 0 Å². The van der Waals surface area contributed by atoms with Crippen LogP contribution in [-0.2, 0) is 0 Å². The zero-order chi connectivity index (χ0) is 20.9. The minimum Gasteiger partial charge on any atom is -0.369 e. The molecule has 1 fully saturated rings. The molecule has 2 heterocycles. The Labute approximate surface area is 179 Å². The lowest BCUT2D eigenvalue weighted by molar-refractivity contribution is 0.0934. The SMILES string of the molecule is CC1=NN(c2ccc(C(=O)NCC(C)N3CCN(c4ccccc4)CC3)cc2)CC1. The van der Waals surface area contributed by atoms with Gasteiger partial charge in [-0.25, -0.2) is 0 Å². The van der Waals surface area contributed by atoms with Gasteiger partial charge in [0.15, 0.2) is 0 Å². The van der Waals surface area contributed by atoms with E-state index in [1.165, 1.54) is 5.69 Å². The fourth-order valence-corrected chi connectivity index (χ4v) is 4.08. The van der Waals surface area contributed by atoms with Crippen LogP contribution in [0.2, 0.25) is 0 Å². The maximum absolute atomic E-state index is 12.6. The second kappa shape index (κ2) is 9.30. The van der Waals surface area contributed by atoms with E-state index in [1.54, 1.807) is 0 Å². The number of amides is 1. The van der Waals surface area contributed by atoms with Gasteiger partial charge < -0.3 is 10.2 Å². The number of nitrogens with one attached hydrogen (secondary N) is 1. The summed E-state index contributed by atoms with van der Waals surface area (Å²) in [6.07, 6.45) is 1.000. The van der Waals surface area contributed by atoms with Crippen molar-refractivity contribution in [3.63, 3.8) is 0 Å². The predicted octanol–water partition coefficient (Wildman–Crippen LogP) is 3.21. The fourth-order valence-electron chi connectivity index (χ4n) is 4.08. The van der Waals surface area contributed by atoms with Crippen LogP contribution < -0.4 is 15.2 Å². The number of carbonyl (C=O) groups is 1. The maximum atomic E-state index is 12.6. The number of para-hydroxylation sites is 1. The van der Waals surface area contributed by atoms with Crippen molar-refractivity contribution in [2.45, 2.75) is 26.3 Å². The van der Waals surface area contributed by atoms with E-state index in [0.717, 1.165) is 50.5 Å². The normalized spacial score (nSPS) is 18.3. The minimum atomic E-state index is -0.0163. The van der Waals surface area contributed by atoms with Crippen molar-refractivity contribution in [2.24, 2.45) is 5.10 Å². The Morgan fingerprint density at radius 2 is 1.67 bits per heavy atom. The van der Waals surface area contributed by atoms with Gasteiger partial charge in [0, 0.05) is 68.7 Å². The lowest BCUT2D eigenvalue weighted by Gasteiger charge is -2.39. The van der Waals surface area contributed by atoms with Crippen LogP contribution in [0.25, 0.3) is 0 Å². The minimum absolute atomic E-state index is 0.0163. The summed E-state index contributed by atoms with van der Waals surface area (Å²) < 4.78 is 0. The molecule has 2 aliphatic heterocycles. The largest absolute Gasteiger partial charge is 0.369 e. The summed E-state index contributed by atoms with van der Waals surface area (Å²) in [6.45, 7) is 9.85. The molecule has 1 atom stereocenters. The zero-order valence-electron chi connectivity index (χ0n) is 17.9. The molecule has 1 unspecified atom stereocenters. The summed E-state index contributed by atoms with van der Waals surface area (Å²) in [7, 11) is 0. The fraction of sp³-hybridized carbons (Fsp3) is 0.417. The Hall–Kier alpha value is -2.86. The first-order chi connectivity index (χ1) is 14.6. The molecular weight excluding hydrogens is 374 g/mol. The topological polar surface area (TPSA) is 51.2 Å². The lowest BCUT2D eigenvalue weighted by atomic mass is 10.1. The average molecular weight is 406 g/mol. The van der Waals surface area contributed by atoms with Crippen molar-refractivity contribution in [1.82, 2.24) is 10.2 Å². The summed E-state index contributed by atoms with van der Waals surface area (Å²) >= 11 is 0. The predicted molar refractivity (Wildman–Crippen MR) is 124 cm³/mol. The first-order valence-corrected chi connectivity index (χ1v) is 10.8. The van der Waals surface area contributed by atoms with Crippen LogP contribution in [0.1, 0.15) is 30.6 Å². The molecule has 1 amide bonds. The van der Waals surface area contributed by atoms with Gasteiger partial charge in [-0.05, 0) is 50.2 Å². The quantitative estimate of drug-likeness (QED) is 0.802. The number of carbonyl (C=O) groups excluding carboxylic acids is 1. The number of hydrogen-bond donors (Lipinski definition) is 1. The number of hydrogen-bond acceptors (Lipinski definition) is 5. The zero-order valence-corrected chi connectivity index (χ0v) is 17.9. The van der Waals surface area contributed by atoms with Gasteiger partial charge in [-0.1, -0.05) is 18.2 Å². The summed E-state index contributed by atoms with van der Waals surface area (Å²) in [5.74, 6) is -0.0163. The van der Waals surface area contributed by atoms with Gasteiger partial charge in [0.05, 0.1) is 5.69 Å². The first kappa shape index (κ1) is 20.4. The van der Waals surface area contributed by atoms with Crippen molar-refractivity contribution in [1.29, 1.82) is 0 Å². The smallest absolute Gasteiger partial charge is 0.251 e. The number of hydrazone groups is 1. The van der Waals surface area contributed by atoms with Crippen molar-refractivity contribution in [2.75, 3.05) is 49.2 Å². The molecule has 2 aromatic carbocycles. The summed E-state index contributed by atoms with van der Waals surface area (Å²) in [5, 5.41) is 9.60. The Morgan fingerprint density at radius 1 is 0.967 bits per heavy atom. The number of piperazine rings is 1. The van der Waals surface area contributed by atoms with Crippen LogP contribution in [0.4, 0.5) is 11.4 Å². The number of benzene rings is 2. The van der Waals surface area contributed by atoms with Crippen LogP contribution >= 0.6 is 0 Å². The maximum Gasteiger partial charge on any atom is 0.251 e. The second-order valence-electron chi connectivity index (χ2n) is 8.17. The average Bonchev–Trinajstić information content (AvgIpc) is 3.24. The molecule has 1 N–H and O–H groups in total. The van der Waals surface area contributed by atoms with Crippen molar-refractivity contribution >= 4 is 23.0 Å². The summed E-state index contributed by atoms with van der Waals surface area (Å²) in [6, 6.07) is 18.6. The number of rotatable bonds is 6. The van der Waals surface area contributed by atoms with Crippen LogP contribution in [-0.4, -0.2) is 61.8 Å². The molecule has 1 saturated heterocycles. The molecule has 0 bridgehead atoms. The molecule has 2 aromatic rings. The Morgan fingerprint density at radius 3 is 2.30 bits per heavy atom. The molecule has 0 spiro atoms. The van der Waals surface area contributed by atoms with E-state index in [0.29, 0.717) is 18.2 Å². The third-order valence-electron chi connectivity index (χ3n) is 6.02. The highest BCUT2D eigenvalue weighted by atomic mass is 16.1. The van der Waals surface area contributed by atoms with E-state index in [2.05, 4.69) is 57.5 Å². The Balaban J connectivity index is 1.24. The highest BCUT2D eigenvalue weighted by Gasteiger charge is 2.22. The Kier molecular flexibility index (Phi) is 6.33. The molecule has 0 aromatic heterocycles. The molecule has 0 radical (unpaired) electrons. The van der Waals surface area contributed by atoms with Crippen molar-refractivity contribution in [3.8, 4) is 0 Å². The second-order valence-corrected chi connectivity index (χ2v) is 8.17. The summed E-state index contributed by atoms with van der Waals surface area (Å²) in [4.78, 5) is 17.5. The van der Waals surface area contributed by atoms with Crippen LogP contribution in [0.15, 0.2) is 59.7 Å². The monoisotopic (exact) mass is 405 g/mol. The highest BCUT2D eigenvalue weighted by molar-refractivity contribution is 5.94. The van der Waals surface area contributed by atoms with Gasteiger partial charge in [-0.3, -0.25) is 14.7 Å². The molecule has 158 valence electrons. The van der Waals surface area contributed by atoms with Gasteiger partial charge in [-0.15, -0.1) is 0 Å². The standard InChI is InChI=1S/C24H31N5O/c1-19-12-13-29(26-19)23-10-8-21(9-11-23)24(30)25-18-20(2)27-14-16-28(17-15-27)22-6-4-3-5-7-22/h3-11,20H,12-18H2,1-2H3,(H,25,30). The van der Waals surface area contributed by atoms with Gasteiger partial charge in [0.25, 0.3) is 5.91 Å². The molecule has 0 saturated carbocycles. The molecule has 30 heavy (non-hydrogen) atoms. The number of nitrogens with zero attached hydrogens (tertiary/aromatic N) is 4. The molecule has 0 aliphatic carbocycles. The van der Waals surface area contributed by atoms with Gasteiger partial charge in [0.1, 0.15) is 0 Å². The van der Waals surface area contributed by atoms with E-state index in [1.807, 2.05) is 36.2 Å². The van der Waals surface area contributed by atoms with E-state index >= 15 is 0 Å². The van der Waals surface area contributed by atoms with Gasteiger partial charge in [0.2, 0.25) is 0 Å². The Bertz CT molecular complexity index is 872. The van der Waals surface area contributed by atoms with E-state index in [9.17, 15) is 4.79 Å². The van der Waals surface area contributed by atoms with Crippen molar-refractivity contribution in [3.05, 3.63) is 60.2 Å². The van der Waals surface area contributed by atoms with E-state index < -0.39 is 0 Å². The molecule has 6 heteroatoms. The molecular formula is C24H31N5O. The lowest BCUT2D eigenvalue weighted by Crippen LogP contribution is -2.52. The molecule has 2 aliphatic rings. The van der Waals surface area contributed by atoms with Crippen LogP contribution in [0.5, 0.6) is 0 Å². The third-order valence-corrected chi connectivity index (χ3v) is 6.02. The summed E-state index contributed by atoms with van der Waals surface area (Å²) in [5.41, 5.74) is 4.17. The highest BCUT2D eigenvalue weighted by Crippen LogP contribution is 2.20. The van der Waals surface area contributed by atoms with Crippen molar-refractivity contribution < 1.29 is 4.79 Å². The third kappa shape index (κ3) is 4.82. The van der Waals surface area contributed by atoms with Crippen LogP contribution in [0, 0.1) is 0 Å². The van der Waals surface area contributed by atoms with Gasteiger partial charge in [-0.2, -0.15) is 5.10 Å². The van der Waals surface area contributed by atoms with E-state index in [-0.39, 0.29) is 5.91 Å². The molecule has 4 rings (SSSR count).